The number of likely N-dealkylation sites (tertiary alicyclic amines) is 1. The number of fused-ring (bicyclic) bond motifs is 2. The van der Waals surface area contributed by atoms with Gasteiger partial charge in [0.2, 0.25) is 5.91 Å². The molecule has 0 aromatic carbocycles. The number of carboxylic acids is 1. The van der Waals surface area contributed by atoms with Crippen LogP contribution in [0.2, 0.25) is 0 Å². The molecule has 1 atom stereocenters. The molecule has 148 valence electrons. The number of aromatic carboxylic acids is 1. The van der Waals surface area contributed by atoms with Crippen LogP contribution >= 0.6 is 11.3 Å². The van der Waals surface area contributed by atoms with Crippen LogP contribution in [0, 0.1) is 0 Å². The summed E-state index contributed by atoms with van der Waals surface area (Å²) in [5.41, 5.74) is 0.561. The van der Waals surface area contributed by atoms with Gasteiger partial charge in [-0.3, -0.25) is 4.79 Å². The van der Waals surface area contributed by atoms with E-state index in [4.69, 9.17) is 14.2 Å². The molecule has 4 heterocycles. The quantitative estimate of drug-likeness (QED) is 0.821. The third-order valence-corrected chi connectivity index (χ3v) is 6.88. The summed E-state index contributed by atoms with van der Waals surface area (Å²) in [4.78, 5) is 27.0. The normalized spacial score (nSPS) is 24.1. The van der Waals surface area contributed by atoms with Gasteiger partial charge in [-0.2, -0.15) is 0 Å². The van der Waals surface area contributed by atoms with E-state index in [0.29, 0.717) is 44.0 Å². The molecule has 0 aliphatic carbocycles. The van der Waals surface area contributed by atoms with Crippen LogP contribution in [0.25, 0.3) is 0 Å². The molecule has 2 saturated heterocycles. The summed E-state index contributed by atoms with van der Waals surface area (Å²) in [6.07, 6.45) is 4.32. The second-order valence-electron chi connectivity index (χ2n) is 7.38. The molecule has 1 amide bonds. The third kappa shape index (κ3) is 3.89. The molecule has 1 aromatic heterocycles. The van der Waals surface area contributed by atoms with Gasteiger partial charge in [-0.1, -0.05) is 0 Å². The number of hydrogen-bond donors (Lipinski definition) is 1. The molecule has 2 fully saturated rings. The fourth-order valence-electron chi connectivity index (χ4n) is 4.20. The second-order valence-corrected chi connectivity index (χ2v) is 8.51. The Morgan fingerprint density at radius 2 is 2.15 bits per heavy atom. The lowest BCUT2D eigenvalue weighted by Gasteiger charge is -2.44. The Morgan fingerprint density at radius 1 is 1.33 bits per heavy atom. The van der Waals surface area contributed by atoms with E-state index < -0.39 is 11.6 Å². The van der Waals surface area contributed by atoms with Gasteiger partial charge in [0.25, 0.3) is 0 Å². The minimum atomic E-state index is -0.888. The summed E-state index contributed by atoms with van der Waals surface area (Å²) in [6.45, 7) is 3.14. The van der Waals surface area contributed by atoms with Gasteiger partial charge in [0.1, 0.15) is 11.5 Å². The molecule has 0 saturated carbocycles. The van der Waals surface area contributed by atoms with Crippen molar-refractivity contribution in [3.63, 3.8) is 0 Å². The van der Waals surface area contributed by atoms with Crippen molar-refractivity contribution in [1.82, 2.24) is 4.90 Å². The van der Waals surface area contributed by atoms with Crippen LogP contribution in [-0.2, 0) is 31.0 Å². The number of amides is 1. The predicted molar refractivity (Wildman–Crippen MR) is 98.2 cm³/mol. The maximum Gasteiger partial charge on any atom is 0.345 e. The summed E-state index contributed by atoms with van der Waals surface area (Å²) in [5.74, 6) is -0.893. The van der Waals surface area contributed by atoms with Crippen LogP contribution in [0.1, 0.15) is 45.8 Å². The highest BCUT2D eigenvalue weighted by Crippen LogP contribution is 2.44. The molecule has 1 aromatic rings. The number of piperidine rings is 1. The molecule has 1 N–H and O–H groups in total. The number of carbonyl (C=O) groups is 2. The topological polar surface area (TPSA) is 85.3 Å². The molecule has 0 bridgehead atoms. The molecule has 3 aliphatic rings. The first-order chi connectivity index (χ1) is 13.1. The number of rotatable bonds is 5. The molecule has 1 spiro atoms. The van der Waals surface area contributed by atoms with Crippen molar-refractivity contribution in [2.45, 2.75) is 43.8 Å². The van der Waals surface area contributed by atoms with Crippen LogP contribution < -0.4 is 0 Å². The molecule has 27 heavy (non-hydrogen) atoms. The number of hydrogen-bond acceptors (Lipinski definition) is 6. The largest absolute Gasteiger partial charge is 0.477 e. The van der Waals surface area contributed by atoms with E-state index in [0.717, 1.165) is 36.3 Å². The lowest BCUT2D eigenvalue weighted by molar-refractivity contribution is -0.146. The third-order valence-electron chi connectivity index (χ3n) is 5.70. The number of thiophene rings is 1. The van der Waals surface area contributed by atoms with Crippen molar-refractivity contribution in [2.24, 2.45) is 0 Å². The summed E-state index contributed by atoms with van der Waals surface area (Å²) in [7, 11) is 0. The Morgan fingerprint density at radius 3 is 2.85 bits per heavy atom. The van der Waals surface area contributed by atoms with E-state index >= 15 is 0 Å². The number of ether oxygens (including phenoxy) is 3. The SMILES string of the molecule is O=C(O)c1cc2c(s1)CCOC21CCN(C(=O)COCC2CCCO2)CC1. The molecular weight excluding hydrogens is 370 g/mol. The first-order valence-electron chi connectivity index (χ1n) is 9.55. The van der Waals surface area contributed by atoms with Gasteiger partial charge in [-0.25, -0.2) is 4.79 Å². The minimum absolute atomic E-state index is 0.00424. The van der Waals surface area contributed by atoms with Gasteiger partial charge >= 0.3 is 5.97 Å². The fourth-order valence-corrected chi connectivity index (χ4v) is 5.27. The first-order valence-corrected chi connectivity index (χ1v) is 10.4. The Labute approximate surface area is 162 Å². The summed E-state index contributed by atoms with van der Waals surface area (Å²) < 4.78 is 17.2. The average Bonchev–Trinajstić information content (AvgIpc) is 3.32. The van der Waals surface area contributed by atoms with Crippen LogP contribution in [0.4, 0.5) is 0 Å². The summed E-state index contributed by atoms with van der Waals surface area (Å²) in [5, 5.41) is 9.29. The summed E-state index contributed by atoms with van der Waals surface area (Å²) >= 11 is 1.35. The molecular formula is C19H25NO6S. The molecule has 7 nitrogen and oxygen atoms in total. The lowest BCUT2D eigenvalue weighted by Crippen LogP contribution is -2.49. The van der Waals surface area contributed by atoms with E-state index in [1.54, 1.807) is 6.07 Å². The van der Waals surface area contributed by atoms with E-state index in [1.165, 1.54) is 11.3 Å². The van der Waals surface area contributed by atoms with Crippen molar-refractivity contribution in [3.8, 4) is 0 Å². The zero-order valence-corrected chi connectivity index (χ0v) is 16.1. The smallest absolute Gasteiger partial charge is 0.345 e. The highest BCUT2D eigenvalue weighted by atomic mass is 32.1. The zero-order valence-electron chi connectivity index (χ0n) is 15.3. The average molecular weight is 395 g/mol. The van der Waals surface area contributed by atoms with E-state index in [1.807, 2.05) is 4.90 Å². The molecule has 1 unspecified atom stereocenters. The van der Waals surface area contributed by atoms with Crippen LogP contribution in [0.15, 0.2) is 6.07 Å². The lowest BCUT2D eigenvalue weighted by atomic mass is 9.82. The van der Waals surface area contributed by atoms with Gasteiger partial charge in [0, 0.05) is 31.0 Å². The number of carboxylic acid groups (broad SMARTS) is 1. The van der Waals surface area contributed by atoms with Gasteiger partial charge < -0.3 is 24.2 Å². The number of nitrogens with zero attached hydrogens (tertiary/aromatic N) is 1. The zero-order chi connectivity index (χ0) is 18.9. The van der Waals surface area contributed by atoms with E-state index in [9.17, 15) is 14.7 Å². The van der Waals surface area contributed by atoms with E-state index in [-0.39, 0.29) is 18.6 Å². The van der Waals surface area contributed by atoms with Crippen molar-refractivity contribution >= 4 is 23.2 Å². The number of carbonyl (C=O) groups excluding carboxylic acids is 1. The fraction of sp³-hybridized carbons (Fsp3) is 0.684. The van der Waals surface area contributed by atoms with Crippen molar-refractivity contribution in [2.75, 3.05) is 39.5 Å². The van der Waals surface area contributed by atoms with Crippen LogP contribution in [0.5, 0.6) is 0 Å². The van der Waals surface area contributed by atoms with Gasteiger partial charge in [-0.15, -0.1) is 11.3 Å². The van der Waals surface area contributed by atoms with Crippen molar-refractivity contribution in [3.05, 3.63) is 21.4 Å². The van der Waals surface area contributed by atoms with Gasteiger partial charge in [-0.05, 0) is 37.3 Å². The minimum Gasteiger partial charge on any atom is -0.477 e. The Hall–Kier alpha value is -1.48. The van der Waals surface area contributed by atoms with Gasteiger partial charge in [0.15, 0.2) is 0 Å². The first kappa shape index (κ1) is 18.9. The van der Waals surface area contributed by atoms with E-state index in [2.05, 4.69) is 0 Å². The Bertz CT molecular complexity index is 703. The molecule has 4 rings (SSSR count). The maximum absolute atomic E-state index is 12.4. The summed E-state index contributed by atoms with van der Waals surface area (Å²) in [6, 6.07) is 1.77. The molecule has 8 heteroatoms. The van der Waals surface area contributed by atoms with Gasteiger partial charge in [0.05, 0.1) is 24.9 Å². The standard InChI is InChI=1S/C19H25NO6S/c21-17(12-24-11-13-2-1-8-25-13)20-6-4-19(5-7-20)14-10-16(18(22)23)27-15(14)3-9-26-19/h10,13H,1-9,11-12H2,(H,22,23). The highest BCUT2D eigenvalue weighted by Gasteiger charge is 2.43. The van der Waals surface area contributed by atoms with Crippen LogP contribution in [-0.4, -0.2) is 67.5 Å². The van der Waals surface area contributed by atoms with Crippen molar-refractivity contribution in [1.29, 1.82) is 0 Å². The predicted octanol–water partition coefficient (Wildman–Crippen LogP) is 2.03. The highest BCUT2D eigenvalue weighted by molar-refractivity contribution is 7.14. The Balaban J connectivity index is 1.33. The second kappa shape index (κ2) is 7.87. The monoisotopic (exact) mass is 395 g/mol. The maximum atomic E-state index is 12.4. The van der Waals surface area contributed by atoms with Crippen LogP contribution in [0.3, 0.4) is 0 Å². The van der Waals surface area contributed by atoms with Crippen molar-refractivity contribution < 1.29 is 28.9 Å². The molecule has 0 radical (unpaired) electrons. The molecule has 3 aliphatic heterocycles. The Kier molecular flexibility index (Phi) is 5.50.